The van der Waals surface area contributed by atoms with Crippen LogP contribution in [0.25, 0.3) is 0 Å². The number of aromatic nitrogens is 3. The molecular weight excluding hydrogens is 576 g/mol. The number of hydrazone groups is 1. The van der Waals surface area contributed by atoms with Crippen LogP contribution < -0.4 is 15.1 Å². The molecule has 0 atom stereocenters. The summed E-state index contributed by atoms with van der Waals surface area (Å²) in [6.07, 6.45) is 5.66. The standard InChI is InChI=1S/C23H26N6O2.2CH4O3S/c1-18-5-4-6-19(15-18)17-25-28-21-16-22(29-10-13-30-14-11-29)27-23(26-21)31-12-8-20-7-2-3-9-24-20;2*1-5(2,3)4/h2-7,9,15-17H,8,10-14H2,1H3,(H,26,27,28);2*1H3,(H,2,3,4)/b25-17+;;. The smallest absolute Gasteiger partial charge is 0.320 e. The fraction of sp³-hybridized carbons (Fsp3) is 0.360. The molecule has 14 nitrogen and oxygen atoms in total. The fourth-order valence-electron chi connectivity index (χ4n) is 3.21. The number of hydrogen-bond acceptors (Lipinski definition) is 12. The molecule has 41 heavy (non-hydrogen) atoms. The van der Waals surface area contributed by atoms with Crippen LogP contribution in [0.1, 0.15) is 16.8 Å². The Kier molecular flexibility index (Phi) is 13.5. The normalized spacial score (nSPS) is 13.4. The SMILES string of the molecule is CS(=O)(=O)O.CS(=O)(=O)O.Cc1cccc(/C=N/Nc2cc(N3CCOCC3)nc(OCCc3ccccn3)n2)c1. The molecule has 0 amide bonds. The van der Waals surface area contributed by atoms with Crippen molar-refractivity contribution in [1.82, 2.24) is 15.0 Å². The lowest BCUT2D eigenvalue weighted by Crippen LogP contribution is -2.36. The summed E-state index contributed by atoms with van der Waals surface area (Å²) in [5.41, 5.74) is 6.17. The molecule has 0 aliphatic carbocycles. The lowest BCUT2D eigenvalue weighted by molar-refractivity contribution is 0.122. The maximum atomic E-state index is 9.19. The first-order valence-electron chi connectivity index (χ1n) is 12.2. The largest absolute Gasteiger partial charge is 0.463 e. The zero-order valence-corrected chi connectivity index (χ0v) is 24.5. The van der Waals surface area contributed by atoms with Crippen molar-refractivity contribution < 1.29 is 35.4 Å². The van der Waals surface area contributed by atoms with Crippen LogP contribution in [0.3, 0.4) is 0 Å². The average Bonchev–Trinajstić information content (AvgIpc) is 2.88. The zero-order valence-electron chi connectivity index (χ0n) is 22.9. The van der Waals surface area contributed by atoms with Crippen LogP contribution in [0.5, 0.6) is 6.01 Å². The third-order valence-electron chi connectivity index (χ3n) is 4.78. The van der Waals surface area contributed by atoms with E-state index >= 15 is 0 Å². The molecular formula is C25H34N6O8S2. The molecule has 16 heteroatoms. The summed E-state index contributed by atoms with van der Waals surface area (Å²) in [6.45, 7) is 5.39. The lowest BCUT2D eigenvalue weighted by atomic mass is 10.2. The van der Waals surface area contributed by atoms with E-state index in [9.17, 15) is 16.8 Å². The molecule has 0 saturated carbocycles. The van der Waals surface area contributed by atoms with Crippen LogP contribution in [0, 0.1) is 6.92 Å². The van der Waals surface area contributed by atoms with E-state index in [-0.39, 0.29) is 0 Å². The van der Waals surface area contributed by atoms with Gasteiger partial charge in [-0.1, -0.05) is 35.9 Å². The van der Waals surface area contributed by atoms with E-state index < -0.39 is 20.2 Å². The van der Waals surface area contributed by atoms with Gasteiger partial charge in [-0.2, -0.15) is 31.9 Å². The summed E-state index contributed by atoms with van der Waals surface area (Å²) in [5, 5.41) is 4.33. The maximum absolute atomic E-state index is 9.19. The van der Waals surface area contributed by atoms with E-state index in [4.69, 9.17) is 18.6 Å². The Morgan fingerprint density at radius 3 is 2.32 bits per heavy atom. The number of nitrogens with zero attached hydrogens (tertiary/aromatic N) is 5. The van der Waals surface area contributed by atoms with Crippen LogP contribution in [0.4, 0.5) is 11.6 Å². The molecule has 1 aliphatic heterocycles. The summed E-state index contributed by atoms with van der Waals surface area (Å²) >= 11 is 0. The molecule has 0 unspecified atom stereocenters. The number of morpholine rings is 1. The first kappa shape index (κ1) is 33.5. The summed E-state index contributed by atoms with van der Waals surface area (Å²) in [4.78, 5) is 15.5. The number of nitrogens with one attached hydrogen (secondary N) is 1. The van der Waals surface area contributed by atoms with Gasteiger partial charge in [-0.25, -0.2) is 0 Å². The van der Waals surface area contributed by atoms with Crippen molar-refractivity contribution >= 4 is 38.1 Å². The van der Waals surface area contributed by atoms with Gasteiger partial charge in [0.05, 0.1) is 38.5 Å². The number of aryl methyl sites for hydroxylation is 1. The molecule has 0 radical (unpaired) electrons. The predicted molar refractivity (Wildman–Crippen MR) is 156 cm³/mol. The summed E-state index contributed by atoms with van der Waals surface area (Å²) in [6, 6.07) is 16.2. The summed E-state index contributed by atoms with van der Waals surface area (Å²) in [5.74, 6) is 1.37. The Labute approximate surface area is 240 Å². The van der Waals surface area contributed by atoms with E-state index in [1.807, 2.05) is 36.4 Å². The quantitative estimate of drug-likeness (QED) is 0.191. The van der Waals surface area contributed by atoms with Crippen LogP contribution in [-0.2, 0) is 31.4 Å². The number of ether oxygens (including phenoxy) is 2. The van der Waals surface area contributed by atoms with Crippen molar-refractivity contribution in [1.29, 1.82) is 0 Å². The number of hydrogen-bond donors (Lipinski definition) is 3. The van der Waals surface area contributed by atoms with Crippen molar-refractivity contribution in [3.8, 4) is 6.01 Å². The molecule has 1 saturated heterocycles. The van der Waals surface area contributed by atoms with Crippen molar-refractivity contribution in [3.63, 3.8) is 0 Å². The minimum absolute atomic E-state index is 0.313. The lowest BCUT2D eigenvalue weighted by Gasteiger charge is -2.28. The van der Waals surface area contributed by atoms with Gasteiger partial charge in [-0.15, -0.1) is 0 Å². The molecule has 3 aromatic rings. The van der Waals surface area contributed by atoms with Gasteiger partial charge in [0.2, 0.25) is 0 Å². The van der Waals surface area contributed by atoms with Gasteiger partial charge in [0.15, 0.2) is 5.82 Å². The van der Waals surface area contributed by atoms with Gasteiger partial charge >= 0.3 is 6.01 Å². The number of benzene rings is 1. The highest BCUT2D eigenvalue weighted by Crippen LogP contribution is 2.21. The molecule has 1 aromatic carbocycles. The Morgan fingerprint density at radius 1 is 1.02 bits per heavy atom. The predicted octanol–water partition coefficient (Wildman–Crippen LogP) is 2.09. The molecule has 2 aromatic heterocycles. The fourth-order valence-corrected chi connectivity index (χ4v) is 3.21. The average molecular weight is 611 g/mol. The topological polar surface area (TPSA) is 194 Å². The highest BCUT2D eigenvalue weighted by Gasteiger charge is 2.15. The molecule has 3 N–H and O–H groups in total. The minimum atomic E-state index is -3.67. The van der Waals surface area contributed by atoms with E-state index in [0.29, 0.717) is 50.6 Å². The van der Waals surface area contributed by atoms with Gasteiger partial charge in [-0.3, -0.25) is 19.5 Å². The third-order valence-corrected chi connectivity index (χ3v) is 4.78. The van der Waals surface area contributed by atoms with Crippen molar-refractivity contribution in [3.05, 3.63) is 71.5 Å². The van der Waals surface area contributed by atoms with Gasteiger partial charge in [0, 0.05) is 37.5 Å². The van der Waals surface area contributed by atoms with Crippen LogP contribution in [-0.4, -0.2) is 92.5 Å². The molecule has 224 valence electrons. The first-order valence-corrected chi connectivity index (χ1v) is 15.9. The Bertz CT molecular complexity index is 1420. The second-order valence-corrected chi connectivity index (χ2v) is 11.6. The van der Waals surface area contributed by atoms with Gasteiger partial charge in [0.1, 0.15) is 5.82 Å². The van der Waals surface area contributed by atoms with E-state index in [1.54, 1.807) is 12.4 Å². The number of anilines is 2. The van der Waals surface area contributed by atoms with Crippen LogP contribution >= 0.6 is 0 Å². The van der Waals surface area contributed by atoms with Gasteiger partial charge in [-0.05, 0) is 24.6 Å². The monoisotopic (exact) mass is 610 g/mol. The molecule has 1 fully saturated rings. The molecule has 0 bridgehead atoms. The summed E-state index contributed by atoms with van der Waals surface area (Å²) in [7, 11) is -7.33. The van der Waals surface area contributed by atoms with E-state index in [2.05, 4.69) is 49.4 Å². The molecule has 4 rings (SSSR count). The second kappa shape index (κ2) is 16.5. The van der Waals surface area contributed by atoms with Gasteiger partial charge < -0.3 is 14.4 Å². The van der Waals surface area contributed by atoms with Crippen LogP contribution in [0.2, 0.25) is 0 Å². The maximum Gasteiger partial charge on any atom is 0.320 e. The Morgan fingerprint density at radius 2 is 1.71 bits per heavy atom. The van der Waals surface area contributed by atoms with Crippen molar-refractivity contribution in [2.24, 2.45) is 5.10 Å². The highest BCUT2D eigenvalue weighted by molar-refractivity contribution is 7.85. The van der Waals surface area contributed by atoms with E-state index in [1.165, 1.54) is 5.56 Å². The zero-order chi connectivity index (χ0) is 30.3. The Balaban J connectivity index is 0.000000507. The second-order valence-electron chi connectivity index (χ2n) is 8.66. The minimum Gasteiger partial charge on any atom is -0.463 e. The first-order chi connectivity index (χ1) is 19.3. The number of pyridine rings is 1. The molecule has 0 spiro atoms. The van der Waals surface area contributed by atoms with E-state index in [0.717, 1.165) is 30.2 Å². The molecule has 1 aliphatic rings. The van der Waals surface area contributed by atoms with Crippen LogP contribution in [0.15, 0.2) is 59.8 Å². The Hall–Kier alpha value is -3.70. The molecule has 3 heterocycles. The highest BCUT2D eigenvalue weighted by atomic mass is 32.2. The third kappa shape index (κ3) is 16.9. The summed E-state index contributed by atoms with van der Waals surface area (Å²) < 4.78 is 63.0. The van der Waals surface area contributed by atoms with Gasteiger partial charge in [0.25, 0.3) is 20.2 Å². The number of rotatable bonds is 8. The van der Waals surface area contributed by atoms with Crippen molar-refractivity contribution in [2.45, 2.75) is 13.3 Å². The van der Waals surface area contributed by atoms with Crippen molar-refractivity contribution in [2.75, 3.05) is 55.7 Å².